The monoisotopic (exact) mass is 445 g/mol. The van der Waals surface area contributed by atoms with Gasteiger partial charge in [0.25, 0.3) is 0 Å². The molecule has 0 saturated heterocycles. The average Bonchev–Trinajstić information content (AvgIpc) is 2.77. The van der Waals surface area contributed by atoms with Crippen LogP contribution in [0.25, 0.3) is 0 Å². The molecule has 0 radical (unpaired) electrons. The van der Waals surface area contributed by atoms with Crippen molar-refractivity contribution in [1.82, 2.24) is 10.6 Å². The van der Waals surface area contributed by atoms with Crippen LogP contribution >= 0.6 is 0 Å². The van der Waals surface area contributed by atoms with Crippen LogP contribution in [0.1, 0.15) is 26.2 Å². The van der Waals surface area contributed by atoms with Crippen LogP contribution in [0.3, 0.4) is 0 Å². The summed E-state index contributed by atoms with van der Waals surface area (Å²) >= 11 is 0. The van der Waals surface area contributed by atoms with Crippen molar-refractivity contribution in [2.45, 2.75) is 32.2 Å². The lowest BCUT2D eigenvalue weighted by Gasteiger charge is -2.18. The van der Waals surface area contributed by atoms with E-state index in [2.05, 4.69) is 10.6 Å². The Hall–Kier alpha value is -1.98. The third-order valence-corrected chi connectivity index (χ3v) is 3.77. The molecular weight excluding hydrogens is 406 g/mol. The summed E-state index contributed by atoms with van der Waals surface area (Å²) in [6.07, 6.45) is 8.12. The summed E-state index contributed by atoms with van der Waals surface area (Å²) in [4.78, 5) is 24.2. The fourth-order valence-corrected chi connectivity index (χ4v) is 2.25. The maximum atomic E-state index is 12.3. The molecule has 0 aromatic heterocycles. The molecule has 0 aromatic rings. The molecule has 2 amide bonds. The average molecular weight is 446 g/mol. The largest absolute Gasteiger partial charge is 0.449 e. The van der Waals surface area contributed by atoms with E-state index < -0.39 is 12.1 Å². The molecule has 0 heterocycles. The lowest BCUT2D eigenvalue weighted by Crippen LogP contribution is -2.47. The summed E-state index contributed by atoms with van der Waals surface area (Å²) in [5.41, 5.74) is 5.31. The first-order valence-corrected chi connectivity index (χ1v) is 10.7. The van der Waals surface area contributed by atoms with E-state index >= 15 is 0 Å². The number of allylic oxidation sites excluding steroid dienone is 3. The lowest BCUT2D eigenvalue weighted by molar-refractivity contribution is -0.123. The van der Waals surface area contributed by atoms with Gasteiger partial charge in [0.1, 0.15) is 6.04 Å². The first-order valence-electron chi connectivity index (χ1n) is 10.7. The molecule has 0 aliphatic carbocycles. The third kappa shape index (κ3) is 19.7. The number of aliphatic hydroxyl groups is 1. The number of hydrogen-bond acceptors (Lipinski definition) is 8. The molecule has 0 aromatic carbocycles. The molecule has 0 fully saturated rings. The van der Waals surface area contributed by atoms with Crippen molar-refractivity contribution in [1.29, 1.82) is 0 Å². The number of nitrogens with two attached hydrogens (primary N) is 1. The Morgan fingerprint density at radius 1 is 1.00 bits per heavy atom. The molecule has 0 unspecified atom stereocenters. The van der Waals surface area contributed by atoms with Crippen LogP contribution in [0.15, 0.2) is 24.3 Å². The van der Waals surface area contributed by atoms with Gasteiger partial charge in [-0.2, -0.15) is 0 Å². The number of carbonyl (C=O) groups is 2. The van der Waals surface area contributed by atoms with Crippen molar-refractivity contribution in [3.63, 3.8) is 0 Å². The van der Waals surface area contributed by atoms with Gasteiger partial charge in [-0.1, -0.05) is 24.3 Å². The Morgan fingerprint density at radius 2 is 1.68 bits per heavy atom. The highest BCUT2D eigenvalue weighted by Crippen LogP contribution is 1.99. The zero-order chi connectivity index (χ0) is 23.0. The normalized spacial score (nSPS) is 12.4. The molecule has 10 nitrogen and oxygen atoms in total. The second-order valence-electron chi connectivity index (χ2n) is 6.36. The highest BCUT2D eigenvalue weighted by atomic mass is 16.6. The fourth-order valence-electron chi connectivity index (χ4n) is 2.25. The van der Waals surface area contributed by atoms with E-state index in [1.165, 1.54) is 0 Å². The Morgan fingerprint density at radius 3 is 2.32 bits per heavy atom. The molecule has 10 heteroatoms. The number of hydrogen-bond donors (Lipinski definition) is 4. The van der Waals surface area contributed by atoms with Crippen molar-refractivity contribution in [2.75, 3.05) is 65.9 Å². The first-order chi connectivity index (χ1) is 15.2. The minimum absolute atomic E-state index is 0.0728. The van der Waals surface area contributed by atoms with Gasteiger partial charge in [0.05, 0.1) is 46.2 Å². The molecular formula is C21H39N3O7. The van der Waals surface area contributed by atoms with Crippen LogP contribution < -0.4 is 16.4 Å². The van der Waals surface area contributed by atoms with Crippen molar-refractivity contribution in [2.24, 2.45) is 5.73 Å². The molecule has 0 rings (SSSR count). The lowest BCUT2D eigenvalue weighted by atomic mass is 10.1. The zero-order valence-corrected chi connectivity index (χ0v) is 18.6. The Bertz CT molecular complexity index is 501. The molecule has 0 saturated carbocycles. The van der Waals surface area contributed by atoms with Gasteiger partial charge in [0, 0.05) is 19.7 Å². The number of ether oxygens (including phenoxy) is 4. The SMILES string of the molecule is C/C=C\C=C/CCOC(=O)N[C@@H](CCCO)C(=O)NCCOCCOCCOCCN. The zero-order valence-electron chi connectivity index (χ0n) is 18.6. The van der Waals surface area contributed by atoms with Crippen LogP contribution in [0.4, 0.5) is 4.79 Å². The standard InChI is InChI=1S/C21H39N3O7/c1-2-3-4-5-6-12-31-21(27)24-19(8-7-11-25)20(26)23-10-14-29-16-18-30-17-15-28-13-9-22/h2-5,19,25H,6-18,22H2,1H3,(H,23,26)(H,24,27)/b3-2-,5-4-/t19-/m0/s1. The van der Waals surface area contributed by atoms with Gasteiger partial charge in [-0.05, 0) is 26.2 Å². The summed E-state index contributed by atoms with van der Waals surface area (Å²) in [6, 6.07) is -0.782. The summed E-state index contributed by atoms with van der Waals surface area (Å²) in [5, 5.41) is 14.3. The number of aliphatic hydroxyl groups excluding tert-OH is 1. The minimum Gasteiger partial charge on any atom is -0.449 e. The van der Waals surface area contributed by atoms with Gasteiger partial charge in [-0.25, -0.2) is 4.79 Å². The first kappa shape index (κ1) is 29.0. The van der Waals surface area contributed by atoms with E-state index in [1.807, 2.05) is 31.2 Å². The van der Waals surface area contributed by atoms with Crippen LogP contribution in [0.5, 0.6) is 0 Å². The van der Waals surface area contributed by atoms with Crippen molar-refractivity contribution in [3.05, 3.63) is 24.3 Å². The summed E-state index contributed by atoms with van der Waals surface area (Å²) in [7, 11) is 0. The van der Waals surface area contributed by atoms with Crippen molar-refractivity contribution in [3.8, 4) is 0 Å². The van der Waals surface area contributed by atoms with Gasteiger partial charge in [-0.3, -0.25) is 4.79 Å². The predicted molar refractivity (Wildman–Crippen MR) is 118 cm³/mol. The van der Waals surface area contributed by atoms with E-state index in [9.17, 15) is 9.59 Å². The molecule has 0 bridgehead atoms. The maximum absolute atomic E-state index is 12.3. The predicted octanol–water partition coefficient (Wildman–Crippen LogP) is 0.501. The third-order valence-electron chi connectivity index (χ3n) is 3.77. The second kappa shape index (κ2) is 22.7. The Labute approximate surface area is 185 Å². The van der Waals surface area contributed by atoms with E-state index in [1.54, 1.807) is 0 Å². The van der Waals surface area contributed by atoms with Gasteiger partial charge >= 0.3 is 6.09 Å². The van der Waals surface area contributed by atoms with E-state index in [-0.39, 0.29) is 19.1 Å². The van der Waals surface area contributed by atoms with Gasteiger partial charge < -0.3 is 40.4 Å². The summed E-state index contributed by atoms with van der Waals surface area (Å²) in [5.74, 6) is -0.352. The van der Waals surface area contributed by atoms with Gasteiger partial charge in [0.15, 0.2) is 0 Å². The number of alkyl carbamates (subject to hydrolysis) is 1. The van der Waals surface area contributed by atoms with Crippen molar-refractivity contribution >= 4 is 12.0 Å². The maximum Gasteiger partial charge on any atom is 0.407 e. The highest BCUT2D eigenvalue weighted by Gasteiger charge is 2.20. The molecule has 0 aliphatic rings. The number of nitrogens with one attached hydrogen (secondary N) is 2. The van der Waals surface area contributed by atoms with Crippen LogP contribution in [0.2, 0.25) is 0 Å². The van der Waals surface area contributed by atoms with E-state index in [0.717, 1.165) is 0 Å². The molecule has 5 N–H and O–H groups in total. The number of amides is 2. The molecule has 1 atom stereocenters. The van der Waals surface area contributed by atoms with E-state index in [0.29, 0.717) is 72.0 Å². The second-order valence-corrected chi connectivity index (χ2v) is 6.36. The Kier molecular flexibility index (Phi) is 21.2. The topological polar surface area (TPSA) is 141 Å². The van der Waals surface area contributed by atoms with Crippen LogP contribution in [-0.2, 0) is 23.7 Å². The molecule has 31 heavy (non-hydrogen) atoms. The summed E-state index contributed by atoms with van der Waals surface area (Å²) in [6.45, 7) is 5.45. The summed E-state index contributed by atoms with van der Waals surface area (Å²) < 4.78 is 21.0. The van der Waals surface area contributed by atoms with Crippen LogP contribution in [-0.4, -0.2) is 89.1 Å². The molecule has 0 spiro atoms. The molecule has 180 valence electrons. The van der Waals surface area contributed by atoms with E-state index in [4.69, 9.17) is 29.8 Å². The quantitative estimate of drug-likeness (QED) is 0.157. The fraction of sp³-hybridized carbons (Fsp3) is 0.714. The number of carbonyl (C=O) groups excluding carboxylic acids is 2. The smallest absolute Gasteiger partial charge is 0.407 e. The molecule has 0 aliphatic heterocycles. The highest BCUT2D eigenvalue weighted by molar-refractivity contribution is 5.85. The number of rotatable bonds is 20. The van der Waals surface area contributed by atoms with Crippen molar-refractivity contribution < 1.29 is 33.6 Å². The Balaban J connectivity index is 3.96. The minimum atomic E-state index is -0.782. The van der Waals surface area contributed by atoms with Gasteiger partial charge in [-0.15, -0.1) is 0 Å². The van der Waals surface area contributed by atoms with Gasteiger partial charge in [0.2, 0.25) is 5.91 Å². The van der Waals surface area contributed by atoms with Crippen LogP contribution in [0, 0.1) is 0 Å².